The highest BCUT2D eigenvalue weighted by Gasteiger charge is 2.26. The van der Waals surface area contributed by atoms with Crippen molar-refractivity contribution in [2.24, 2.45) is 0 Å². The first-order valence-corrected chi connectivity index (χ1v) is 13.0. The SMILES string of the molecule is Cc1ccc(C(=O)N2CCC(c3ccc(C#N)cc3)CC2)cc1NC(=O)NC[C@@H](NC(=O)OC(C)(C)C)C(=O)O. The molecule has 4 amide bonds. The zero-order chi connectivity index (χ0) is 29.4. The van der Waals surface area contributed by atoms with E-state index in [1.807, 2.05) is 24.3 Å². The summed E-state index contributed by atoms with van der Waals surface area (Å²) in [4.78, 5) is 51.0. The minimum Gasteiger partial charge on any atom is -0.480 e. The number of nitriles is 1. The summed E-state index contributed by atoms with van der Waals surface area (Å²) in [6.45, 7) is 7.51. The Morgan fingerprint density at radius 1 is 1.10 bits per heavy atom. The fourth-order valence-corrected chi connectivity index (χ4v) is 4.33. The van der Waals surface area contributed by atoms with Gasteiger partial charge in [0.2, 0.25) is 0 Å². The highest BCUT2D eigenvalue weighted by molar-refractivity contribution is 5.97. The number of hydrogen-bond donors (Lipinski definition) is 4. The van der Waals surface area contributed by atoms with Crippen molar-refractivity contribution in [1.29, 1.82) is 5.26 Å². The van der Waals surface area contributed by atoms with Crippen molar-refractivity contribution < 1.29 is 29.0 Å². The lowest BCUT2D eigenvalue weighted by Crippen LogP contribution is -2.50. The summed E-state index contributed by atoms with van der Waals surface area (Å²) in [5.41, 5.74) is 2.51. The van der Waals surface area contributed by atoms with Crippen LogP contribution in [0.3, 0.4) is 0 Å². The fourth-order valence-electron chi connectivity index (χ4n) is 4.33. The van der Waals surface area contributed by atoms with E-state index in [9.17, 15) is 24.3 Å². The lowest BCUT2D eigenvalue weighted by atomic mass is 9.89. The summed E-state index contributed by atoms with van der Waals surface area (Å²) in [6.07, 6.45) is 0.697. The predicted molar refractivity (Wildman–Crippen MR) is 148 cm³/mol. The van der Waals surface area contributed by atoms with Gasteiger partial charge in [0.25, 0.3) is 5.91 Å². The molecule has 212 valence electrons. The molecule has 0 aliphatic carbocycles. The van der Waals surface area contributed by atoms with Crippen molar-refractivity contribution in [1.82, 2.24) is 15.5 Å². The number of hydrogen-bond acceptors (Lipinski definition) is 6. The maximum absolute atomic E-state index is 13.2. The number of urea groups is 1. The smallest absolute Gasteiger partial charge is 0.408 e. The number of piperidine rings is 1. The molecular weight excluding hydrogens is 514 g/mol. The lowest BCUT2D eigenvalue weighted by Gasteiger charge is -2.32. The molecule has 1 aliphatic rings. The molecule has 40 heavy (non-hydrogen) atoms. The number of ether oxygens (including phenoxy) is 1. The maximum Gasteiger partial charge on any atom is 0.408 e. The summed E-state index contributed by atoms with van der Waals surface area (Å²) in [7, 11) is 0. The molecule has 2 aromatic rings. The zero-order valence-electron chi connectivity index (χ0n) is 23.1. The first-order chi connectivity index (χ1) is 18.9. The van der Waals surface area contributed by atoms with E-state index >= 15 is 0 Å². The number of likely N-dealkylation sites (tertiary alicyclic amines) is 1. The quantitative estimate of drug-likeness (QED) is 0.406. The number of rotatable bonds is 7. The molecule has 0 spiro atoms. The molecule has 11 heteroatoms. The average Bonchev–Trinajstić information content (AvgIpc) is 2.91. The van der Waals surface area contributed by atoms with Crippen LogP contribution < -0.4 is 16.0 Å². The Bertz CT molecular complexity index is 1290. The normalized spacial score (nSPS) is 14.4. The highest BCUT2D eigenvalue weighted by Crippen LogP contribution is 2.29. The van der Waals surface area contributed by atoms with Gasteiger partial charge in [-0.3, -0.25) is 4.79 Å². The number of anilines is 1. The van der Waals surface area contributed by atoms with Gasteiger partial charge >= 0.3 is 18.1 Å². The third-order valence-electron chi connectivity index (χ3n) is 6.48. The molecule has 1 heterocycles. The molecule has 0 aromatic heterocycles. The first kappa shape index (κ1) is 30.0. The van der Waals surface area contributed by atoms with Gasteiger partial charge in [0, 0.05) is 24.3 Å². The number of carbonyl (C=O) groups is 4. The molecular formula is C29H35N5O6. The van der Waals surface area contributed by atoms with E-state index in [1.54, 1.807) is 50.8 Å². The van der Waals surface area contributed by atoms with Gasteiger partial charge in [0.05, 0.1) is 18.2 Å². The van der Waals surface area contributed by atoms with Gasteiger partial charge in [-0.1, -0.05) is 18.2 Å². The number of nitrogens with zero attached hydrogens (tertiary/aromatic N) is 2. The van der Waals surface area contributed by atoms with Crippen LogP contribution in [-0.2, 0) is 9.53 Å². The number of carboxylic acid groups (broad SMARTS) is 1. The molecule has 1 atom stereocenters. The number of alkyl carbamates (subject to hydrolysis) is 1. The second-order valence-corrected chi connectivity index (χ2v) is 10.7. The Morgan fingerprint density at radius 3 is 2.33 bits per heavy atom. The summed E-state index contributed by atoms with van der Waals surface area (Å²) in [5.74, 6) is -1.16. The number of aliphatic carboxylic acids is 1. The summed E-state index contributed by atoms with van der Waals surface area (Å²) in [6, 6.07) is 12.6. The van der Waals surface area contributed by atoms with Crippen LogP contribution in [0.15, 0.2) is 42.5 Å². The third-order valence-corrected chi connectivity index (χ3v) is 6.48. The van der Waals surface area contributed by atoms with Gasteiger partial charge < -0.3 is 30.7 Å². The molecule has 1 saturated heterocycles. The second kappa shape index (κ2) is 13.0. The number of carboxylic acids is 1. The fraction of sp³-hybridized carbons (Fsp3) is 0.414. The zero-order valence-corrected chi connectivity index (χ0v) is 23.1. The van der Waals surface area contributed by atoms with Crippen LogP contribution in [0.5, 0.6) is 0 Å². The summed E-state index contributed by atoms with van der Waals surface area (Å²) >= 11 is 0. The van der Waals surface area contributed by atoms with E-state index in [4.69, 9.17) is 10.00 Å². The topological polar surface area (TPSA) is 161 Å². The van der Waals surface area contributed by atoms with E-state index in [0.29, 0.717) is 41.4 Å². The lowest BCUT2D eigenvalue weighted by molar-refractivity contribution is -0.139. The van der Waals surface area contributed by atoms with Crippen molar-refractivity contribution in [3.05, 3.63) is 64.7 Å². The minimum absolute atomic E-state index is 0.144. The molecule has 1 aliphatic heterocycles. The first-order valence-electron chi connectivity index (χ1n) is 13.0. The Labute approximate surface area is 233 Å². The Balaban J connectivity index is 1.56. The van der Waals surface area contributed by atoms with Crippen molar-refractivity contribution in [2.75, 3.05) is 25.0 Å². The van der Waals surface area contributed by atoms with Crippen molar-refractivity contribution >= 4 is 29.7 Å². The molecule has 3 rings (SSSR count). The van der Waals surface area contributed by atoms with Gasteiger partial charge in [0.1, 0.15) is 11.6 Å². The second-order valence-electron chi connectivity index (χ2n) is 10.7. The predicted octanol–water partition coefficient (Wildman–Crippen LogP) is 3.99. The van der Waals surface area contributed by atoms with Crippen LogP contribution in [0.1, 0.15) is 66.6 Å². The number of nitrogens with one attached hydrogen (secondary N) is 3. The van der Waals surface area contributed by atoms with Gasteiger partial charge in [-0.15, -0.1) is 0 Å². The molecule has 0 unspecified atom stereocenters. The van der Waals surface area contributed by atoms with E-state index in [-0.39, 0.29) is 12.5 Å². The van der Waals surface area contributed by atoms with E-state index < -0.39 is 29.7 Å². The third kappa shape index (κ3) is 8.46. The van der Waals surface area contributed by atoms with Gasteiger partial charge in [-0.2, -0.15) is 5.26 Å². The minimum atomic E-state index is -1.40. The van der Waals surface area contributed by atoms with Crippen LogP contribution in [0.4, 0.5) is 15.3 Å². The van der Waals surface area contributed by atoms with Crippen LogP contribution in [0.25, 0.3) is 0 Å². The molecule has 11 nitrogen and oxygen atoms in total. The molecule has 4 N–H and O–H groups in total. The molecule has 0 radical (unpaired) electrons. The Kier molecular flexibility index (Phi) is 9.72. The van der Waals surface area contributed by atoms with Crippen LogP contribution in [-0.4, -0.2) is 65.3 Å². The number of benzene rings is 2. The van der Waals surface area contributed by atoms with E-state index in [0.717, 1.165) is 18.4 Å². The van der Waals surface area contributed by atoms with Crippen molar-refractivity contribution in [2.45, 2.75) is 58.1 Å². The maximum atomic E-state index is 13.2. The Morgan fingerprint density at radius 2 is 1.75 bits per heavy atom. The number of carbonyl (C=O) groups excluding carboxylic acids is 3. The number of aryl methyl sites for hydroxylation is 1. The Hall–Kier alpha value is -4.59. The molecule has 0 saturated carbocycles. The highest BCUT2D eigenvalue weighted by atomic mass is 16.6. The van der Waals surface area contributed by atoms with E-state index in [2.05, 4.69) is 22.0 Å². The summed E-state index contributed by atoms with van der Waals surface area (Å²) in [5, 5.41) is 25.7. The van der Waals surface area contributed by atoms with Crippen LogP contribution in [0.2, 0.25) is 0 Å². The van der Waals surface area contributed by atoms with Crippen molar-refractivity contribution in [3.63, 3.8) is 0 Å². The average molecular weight is 550 g/mol. The summed E-state index contributed by atoms with van der Waals surface area (Å²) < 4.78 is 5.07. The standard InChI is InChI=1S/C29H35N5O6/c1-18-5-8-22(25(35)34-13-11-21(12-14-34)20-9-6-19(16-30)7-10-20)15-23(18)32-27(38)31-17-24(26(36)37)33-28(39)40-29(2,3)4/h5-10,15,21,24H,11-14,17H2,1-4H3,(H,33,39)(H,36,37)(H2,31,32,38)/t24-/m1/s1. The molecule has 1 fully saturated rings. The van der Waals surface area contributed by atoms with Crippen LogP contribution in [0, 0.1) is 18.3 Å². The van der Waals surface area contributed by atoms with Gasteiger partial charge in [-0.25, -0.2) is 14.4 Å². The van der Waals surface area contributed by atoms with Gasteiger partial charge in [-0.05, 0) is 81.8 Å². The van der Waals surface area contributed by atoms with Gasteiger partial charge in [0.15, 0.2) is 0 Å². The van der Waals surface area contributed by atoms with Crippen molar-refractivity contribution in [3.8, 4) is 6.07 Å². The molecule has 0 bridgehead atoms. The van der Waals surface area contributed by atoms with E-state index in [1.165, 1.54) is 0 Å². The number of amides is 4. The van der Waals surface area contributed by atoms with Crippen LogP contribution >= 0.6 is 0 Å². The monoisotopic (exact) mass is 549 g/mol. The molecule has 2 aromatic carbocycles. The largest absolute Gasteiger partial charge is 0.480 e.